The fourth-order valence-corrected chi connectivity index (χ4v) is 3.41. The first-order valence-electron chi connectivity index (χ1n) is 7.23. The summed E-state index contributed by atoms with van der Waals surface area (Å²) in [6.07, 6.45) is 0. The van der Waals surface area contributed by atoms with Crippen molar-refractivity contribution < 1.29 is 4.79 Å². The zero-order valence-electron chi connectivity index (χ0n) is 12.4. The van der Waals surface area contributed by atoms with Crippen LogP contribution in [0.2, 0.25) is 0 Å². The molecular formula is C18H18N2OS. The minimum atomic E-state index is 0.0510. The second-order valence-electron chi connectivity index (χ2n) is 5.18. The maximum absolute atomic E-state index is 12.4. The lowest BCUT2D eigenvalue weighted by atomic mass is 10.1. The monoisotopic (exact) mass is 310 g/mol. The van der Waals surface area contributed by atoms with E-state index >= 15 is 0 Å². The van der Waals surface area contributed by atoms with Crippen molar-refractivity contribution in [2.24, 2.45) is 0 Å². The Bertz CT molecular complexity index is 670. The van der Waals surface area contributed by atoms with Crippen LogP contribution in [0.15, 0.2) is 71.8 Å². The zero-order chi connectivity index (χ0) is 15.4. The average molecular weight is 310 g/mol. The maximum Gasteiger partial charge on any atom is 0.182 e. The van der Waals surface area contributed by atoms with Crippen molar-refractivity contribution >= 4 is 23.2 Å². The first-order chi connectivity index (χ1) is 10.7. The van der Waals surface area contributed by atoms with E-state index in [2.05, 4.69) is 15.6 Å². The number of nitrogens with one attached hydrogen (secondary N) is 1. The summed E-state index contributed by atoms with van der Waals surface area (Å²) >= 11 is 1.69. The maximum atomic E-state index is 12.4. The van der Waals surface area contributed by atoms with E-state index in [0.717, 1.165) is 16.9 Å². The Balaban J connectivity index is 1.70. The number of thioether (sulfide) groups is 1. The SMILES string of the molecule is CC1=CSC(Nc2ccccc2)N1CC(=O)c1ccccc1. The molecule has 0 bridgehead atoms. The predicted molar refractivity (Wildman–Crippen MR) is 92.7 cm³/mol. The van der Waals surface area contributed by atoms with E-state index in [-0.39, 0.29) is 11.3 Å². The number of para-hydroxylation sites is 1. The van der Waals surface area contributed by atoms with Crippen molar-refractivity contribution in [2.45, 2.75) is 12.4 Å². The van der Waals surface area contributed by atoms with E-state index in [1.807, 2.05) is 67.6 Å². The topological polar surface area (TPSA) is 32.3 Å². The number of hydrogen-bond acceptors (Lipinski definition) is 4. The van der Waals surface area contributed by atoms with Crippen LogP contribution in [0, 0.1) is 0 Å². The van der Waals surface area contributed by atoms with E-state index in [9.17, 15) is 4.79 Å². The van der Waals surface area contributed by atoms with Crippen LogP contribution in [0.4, 0.5) is 5.69 Å². The van der Waals surface area contributed by atoms with Gasteiger partial charge >= 0.3 is 0 Å². The molecule has 0 radical (unpaired) electrons. The third-order valence-electron chi connectivity index (χ3n) is 3.58. The first-order valence-corrected chi connectivity index (χ1v) is 8.17. The molecule has 0 aliphatic carbocycles. The third kappa shape index (κ3) is 3.34. The Kier molecular flexibility index (Phi) is 4.49. The molecule has 0 fully saturated rings. The lowest BCUT2D eigenvalue weighted by molar-refractivity contribution is 0.0949. The van der Waals surface area contributed by atoms with Crippen molar-refractivity contribution in [2.75, 3.05) is 11.9 Å². The van der Waals surface area contributed by atoms with E-state index in [1.54, 1.807) is 11.8 Å². The molecule has 112 valence electrons. The number of carbonyl (C=O) groups is 1. The van der Waals surface area contributed by atoms with Gasteiger partial charge in [0.25, 0.3) is 0 Å². The standard InChI is InChI=1S/C18H18N2OS/c1-14-13-22-18(19-16-10-6-3-7-11-16)20(14)12-17(21)15-8-4-2-5-9-15/h2-11,13,18-19H,12H2,1H3. The number of nitrogens with zero attached hydrogens (tertiary/aromatic N) is 1. The van der Waals surface area contributed by atoms with Gasteiger partial charge in [-0.2, -0.15) is 0 Å². The number of hydrogen-bond donors (Lipinski definition) is 1. The van der Waals surface area contributed by atoms with E-state index < -0.39 is 0 Å². The van der Waals surface area contributed by atoms with Crippen LogP contribution in [0.5, 0.6) is 0 Å². The molecule has 1 heterocycles. The molecule has 0 saturated heterocycles. The van der Waals surface area contributed by atoms with Crippen molar-refractivity contribution in [3.05, 3.63) is 77.3 Å². The van der Waals surface area contributed by atoms with Crippen LogP contribution >= 0.6 is 11.8 Å². The van der Waals surface area contributed by atoms with E-state index in [4.69, 9.17) is 0 Å². The minimum absolute atomic E-state index is 0.0510. The summed E-state index contributed by atoms with van der Waals surface area (Å²) < 4.78 is 0. The van der Waals surface area contributed by atoms with Crippen LogP contribution in [-0.4, -0.2) is 22.7 Å². The third-order valence-corrected chi connectivity index (χ3v) is 4.68. The Labute approximate surface area is 135 Å². The van der Waals surface area contributed by atoms with Crippen molar-refractivity contribution in [3.63, 3.8) is 0 Å². The molecule has 0 saturated carbocycles. The smallest absolute Gasteiger partial charge is 0.182 e. The summed E-state index contributed by atoms with van der Waals surface area (Å²) in [6.45, 7) is 2.42. The number of Topliss-reactive ketones (excluding diaryl/α,β-unsaturated/α-hetero) is 1. The molecule has 1 aliphatic rings. The van der Waals surface area contributed by atoms with Crippen molar-refractivity contribution in [1.29, 1.82) is 0 Å². The summed E-state index contributed by atoms with van der Waals surface area (Å²) in [5.41, 5.74) is 2.98. The Morgan fingerprint density at radius 3 is 2.41 bits per heavy atom. The van der Waals surface area contributed by atoms with Crippen LogP contribution < -0.4 is 5.32 Å². The molecule has 2 aromatic carbocycles. The van der Waals surface area contributed by atoms with Gasteiger partial charge in [0.05, 0.1) is 6.54 Å². The van der Waals surface area contributed by atoms with Gasteiger partial charge in [-0.15, -0.1) is 0 Å². The van der Waals surface area contributed by atoms with Gasteiger partial charge in [0.15, 0.2) is 11.3 Å². The van der Waals surface area contributed by atoms with Crippen LogP contribution in [0.1, 0.15) is 17.3 Å². The number of benzene rings is 2. The summed E-state index contributed by atoms with van der Waals surface area (Å²) in [6, 6.07) is 19.5. The van der Waals surface area contributed by atoms with Gasteiger partial charge in [0, 0.05) is 16.9 Å². The number of allylic oxidation sites excluding steroid dienone is 1. The Morgan fingerprint density at radius 1 is 1.09 bits per heavy atom. The molecule has 3 rings (SSSR count). The second-order valence-corrected chi connectivity index (χ2v) is 6.13. The molecule has 22 heavy (non-hydrogen) atoms. The van der Waals surface area contributed by atoms with Gasteiger partial charge in [-0.3, -0.25) is 4.79 Å². The lowest BCUT2D eigenvalue weighted by Gasteiger charge is -2.28. The molecule has 2 aromatic rings. The molecule has 1 N–H and O–H groups in total. The van der Waals surface area contributed by atoms with E-state index in [0.29, 0.717) is 6.54 Å². The largest absolute Gasteiger partial charge is 0.356 e. The molecular weight excluding hydrogens is 292 g/mol. The van der Waals surface area contributed by atoms with Crippen molar-refractivity contribution in [1.82, 2.24) is 4.90 Å². The van der Waals surface area contributed by atoms with Crippen molar-refractivity contribution in [3.8, 4) is 0 Å². The number of rotatable bonds is 5. The van der Waals surface area contributed by atoms with Gasteiger partial charge in [0.2, 0.25) is 0 Å². The highest BCUT2D eigenvalue weighted by molar-refractivity contribution is 8.03. The molecule has 4 heteroatoms. The fraction of sp³-hybridized carbons (Fsp3) is 0.167. The number of carbonyl (C=O) groups excluding carboxylic acids is 1. The molecule has 0 amide bonds. The van der Waals surface area contributed by atoms with Gasteiger partial charge in [-0.05, 0) is 24.5 Å². The molecule has 1 atom stereocenters. The van der Waals surface area contributed by atoms with Crippen LogP contribution in [0.25, 0.3) is 0 Å². The number of ketones is 1. The van der Waals surface area contributed by atoms with Crippen LogP contribution in [-0.2, 0) is 0 Å². The predicted octanol–water partition coefficient (Wildman–Crippen LogP) is 4.18. The molecule has 1 unspecified atom stereocenters. The molecule has 0 spiro atoms. The summed E-state index contributed by atoms with van der Waals surface area (Å²) in [4.78, 5) is 14.5. The number of anilines is 1. The summed E-state index contributed by atoms with van der Waals surface area (Å²) in [5, 5.41) is 5.56. The summed E-state index contributed by atoms with van der Waals surface area (Å²) in [7, 11) is 0. The van der Waals surface area contributed by atoms with Gasteiger partial charge < -0.3 is 10.2 Å². The highest BCUT2D eigenvalue weighted by atomic mass is 32.2. The Hall–Kier alpha value is -2.20. The van der Waals surface area contributed by atoms with Gasteiger partial charge in [-0.25, -0.2) is 0 Å². The van der Waals surface area contributed by atoms with Gasteiger partial charge in [-0.1, -0.05) is 60.3 Å². The molecule has 0 aromatic heterocycles. The quantitative estimate of drug-likeness (QED) is 0.840. The van der Waals surface area contributed by atoms with Gasteiger partial charge in [0.1, 0.15) is 0 Å². The fourth-order valence-electron chi connectivity index (χ4n) is 2.36. The normalized spacial score (nSPS) is 17.2. The second kappa shape index (κ2) is 6.71. The molecule has 1 aliphatic heterocycles. The molecule has 3 nitrogen and oxygen atoms in total. The average Bonchev–Trinajstić information content (AvgIpc) is 2.90. The highest BCUT2D eigenvalue weighted by Gasteiger charge is 2.26. The highest BCUT2D eigenvalue weighted by Crippen LogP contribution is 2.31. The van der Waals surface area contributed by atoms with Crippen LogP contribution in [0.3, 0.4) is 0 Å². The van der Waals surface area contributed by atoms with E-state index in [1.165, 1.54) is 0 Å². The Morgan fingerprint density at radius 2 is 1.73 bits per heavy atom. The first kappa shape index (κ1) is 14.7. The summed E-state index contributed by atoms with van der Waals surface area (Å²) in [5.74, 6) is 0.135. The zero-order valence-corrected chi connectivity index (χ0v) is 13.2. The lowest BCUT2D eigenvalue weighted by Crippen LogP contribution is -2.37. The minimum Gasteiger partial charge on any atom is -0.356 e.